The molecule has 2 aromatic carbocycles. The summed E-state index contributed by atoms with van der Waals surface area (Å²) >= 11 is 1.37. The third-order valence-corrected chi connectivity index (χ3v) is 5.34. The zero-order chi connectivity index (χ0) is 20.1. The van der Waals surface area contributed by atoms with Gasteiger partial charge in [-0.1, -0.05) is 60.7 Å². The van der Waals surface area contributed by atoms with Crippen molar-refractivity contribution in [3.8, 4) is 11.3 Å². The van der Waals surface area contributed by atoms with E-state index in [4.69, 9.17) is 0 Å². The van der Waals surface area contributed by atoms with Crippen LogP contribution in [0.15, 0.2) is 71.1 Å². The molecule has 1 aromatic heterocycles. The molecule has 0 radical (unpaired) electrons. The van der Waals surface area contributed by atoms with Gasteiger partial charge in [0.25, 0.3) is 0 Å². The summed E-state index contributed by atoms with van der Waals surface area (Å²) in [5, 5.41) is 11.1. The highest BCUT2D eigenvalue weighted by Crippen LogP contribution is 2.24. The summed E-state index contributed by atoms with van der Waals surface area (Å²) in [6.07, 6.45) is 0.948. The van der Waals surface area contributed by atoms with Gasteiger partial charge in [-0.3, -0.25) is 9.59 Å². The normalized spacial score (nSPS) is 13.2. The molecule has 0 aliphatic carbocycles. The summed E-state index contributed by atoms with van der Waals surface area (Å²) in [6, 6.07) is 19.6. The first-order valence-electron chi connectivity index (χ1n) is 9.43. The van der Waals surface area contributed by atoms with E-state index < -0.39 is 0 Å². The van der Waals surface area contributed by atoms with Gasteiger partial charge < -0.3 is 5.32 Å². The van der Waals surface area contributed by atoms with Crippen molar-refractivity contribution in [3.63, 3.8) is 0 Å². The van der Waals surface area contributed by atoms with Gasteiger partial charge in [0.15, 0.2) is 5.13 Å². The van der Waals surface area contributed by atoms with Gasteiger partial charge in [-0.25, -0.2) is 9.99 Å². The number of amides is 2. The van der Waals surface area contributed by atoms with Crippen LogP contribution in [0.3, 0.4) is 0 Å². The summed E-state index contributed by atoms with van der Waals surface area (Å²) in [5.74, 6) is -0.367. The molecule has 2 heterocycles. The molecule has 0 saturated carbocycles. The second kappa shape index (κ2) is 8.79. The monoisotopic (exact) mass is 404 g/mol. The smallest absolute Gasteiger partial charge is 0.243 e. The van der Waals surface area contributed by atoms with Gasteiger partial charge in [0.1, 0.15) is 0 Å². The highest BCUT2D eigenvalue weighted by molar-refractivity contribution is 7.14. The minimum Gasteiger partial charge on any atom is -0.302 e. The number of nitrogens with one attached hydrogen (secondary N) is 1. The first-order valence-corrected chi connectivity index (χ1v) is 10.3. The summed E-state index contributed by atoms with van der Waals surface area (Å²) in [7, 11) is 0. The Morgan fingerprint density at radius 2 is 1.66 bits per heavy atom. The summed E-state index contributed by atoms with van der Waals surface area (Å²) < 4.78 is 0. The van der Waals surface area contributed by atoms with Crippen molar-refractivity contribution in [2.75, 3.05) is 11.9 Å². The van der Waals surface area contributed by atoms with E-state index in [9.17, 15) is 9.59 Å². The summed E-state index contributed by atoms with van der Waals surface area (Å²) in [4.78, 5) is 29.0. The molecular formula is C22H20N4O2S. The van der Waals surface area contributed by atoms with E-state index in [1.165, 1.54) is 16.3 Å². The number of hydrogen-bond donors (Lipinski definition) is 1. The molecule has 0 bridgehead atoms. The molecule has 3 aromatic rings. The van der Waals surface area contributed by atoms with Crippen molar-refractivity contribution in [1.29, 1.82) is 0 Å². The lowest BCUT2D eigenvalue weighted by Gasteiger charge is -2.10. The Morgan fingerprint density at radius 3 is 2.38 bits per heavy atom. The third-order valence-electron chi connectivity index (χ3n) is 4.58. The van der Waals surface area contributed by atoms with Gasteiger partial charge in [0, 0.05) is 30.2 Å². The van der Waals surface area contributed by atoms with Crippen molar-refractivity contribution in [1.82, 2.24) is 9.99 Å². The second-order valence-electron chi connectivity index (χ2n) is 6.63. The van der Waals surface area contributed by atoms with Crippen LogP contribution in [0.2, 0.25) is 0 Å². The third kappa shape index (κ3) is 4.75. The molecule has 0 unspecified atom stereocenters. The van der Waals surface area contributed by atoms with Gasteiger partial charge >= 0.3 is 0 Å². The van der Waals surface area contributed by atoms with Crippen LogP contribution in [-0.2, 0) is 9.59 Å². The number of benzene rings is 2. The van der Waals surface area contributed by atoms with Crippen LogP contribution in [0.1, 0.15) is 24.8 Å². The van der Waals surface area contributed by atoms with E-state index in [0.29, 0.717) is 11.7 Å². The molecule has 146 valence electrons. The number of hydrazone groups is 1. The molecule has 0 fully saturated rings. The predicted octanol–water partition coefficient (Wildman–Crippen LogP) is 4.17. The van der Waals surface area contributed by atoms with E-state index in [1.807, 2.05) is 66.0 Å². The number of anilines is 1. The quantitative estimate of drug-likeness (QED) is 0.670. The van der Waals surface area contributed by atoms with E-state index in [1.54, 1.807) is 0 Å². The minimum atomic E-state index is -0.223. The van der Waals surface area contributed by atoms with Crippen molar-refractivity contribution < 1.29 is 9.59 Å². The van der Waals surface area contributed by atoms with Crippen LogP contribution in [0.4, 0.5) is 5.13 Å². The van der Waals surface area contributed by atoms with Gasteiger partial charge in [-0.05, 0) is 5.56 Å². The number of hydrogen-bond acceptors (Lipinski definition) is 5. The van der Waals surface area contributed by atoms with E-state index in [2.05, 4.69) is 15.4 Å². The van der Waals surface area contributed by atoms with E-state index in [0.717, 1.165) is 29.0 Å². The lowest BCUT2D eigenvalue weighted by Crippen LogP contribution is -2.24. The Bertz CT molecular complexity index is 1030. The first-order chi connectivity index (χ1) is 14.2. The van der Waals surface area contributed by atoms with Crippen molar-refractivity contribution in [3.05, 3.63) is 71.6 Å². The fourth-order valence-corrected chi connectivity index (χ4v) is 3.81. The zero-order valence-corrected chi connectivity index (χ0v) is 16.6. The maximum atomic E-state index is 12.4. The second-order valence-corrected chi connectivity index (χ2v) is 7.49. The Labute approximate surface area is 172 Å². The average Bonchev–Trinajstić information content (AvgIpc) is 3.43. The lowest BCUT2D eigenvalue weighted by atomic mass is 10.1. The number of thiazole rings is 1. The Balaban J connectivity index is 1.28. The SMILES string of the molecule is O=C(CCC(=O)N1CCC(c2ccccc2)=N1)Nc1nc(-c2ccccc2)cs1. The van der Waals surface area contributed by atoms with Gasteiger partial charge in [-0.2, -0.15) is 5.10 Å². The largest absolute Gasteiger partial charge is 0.302 e. The predicted molar refractivity (Wildman–Crippen MR) is 115 cm³/mol. The Morgan fingerprint density at radius 1 is 0.966 bits per heavy atom. The molecule has 1 N–H and O–H groups in total. The van der Waals surface area contributed by atoms with Crippen LogP contribution in [0.25, 0.3) is 11.3 Å². The molecule has 29 heavy (non-hydrogen) atoms. The van der Waals surface area contributed by atoms with Crippen LogP contribution in [0, 0.1) is 0 Å². The number of rotatable bonds is 6. The van der Waals surface area contributed by atoms with Crippen molar-refractivity contribution in [2.45, 2.75) is 19.3 Å². The molecule has 0 spiro atoms. The summed E-state index contributed by atoms with van der Waals surface area (Å²) in [5.41, 5.74) is 3.75. The van der Waals surface area contributed by atoms with Gasteiger partial charge in [-0.15, -0.1) is 11.3 Å². The van der Waals surface area contributed by atoms with Gasteiger partial charge in [0.2, 0.25) is 11.8 Å². The number of aromatic nitrogens is 1. The van der Waals surface area contributed by atoms with Crippen LogP contribution in [-0.4, -0.2) is 34.1 Å². The first kappa shape index (κ1) is 19.0. The maximum Gasteiger partial charge on any atom is 0.243 e. The zero-order valence-electron chi connectivity index (χ0n) is 15.7. The molecular weight excluding hydrogens is 384 g/mol. The van der Waals surface area contributed by atoms with Crippen molar-refractivity contribution >= 4 is 34.0 Å². The lowest BCUT2D eigenvalue weighted by molar-refractivity contribution is -0.132. The molecule has 2 amide bonds. The maximum absolute atomic E-state index is 12.4. The molecule has 0 atom stereocenters. The standard InChI is InChI=1S/C22H20N4O2S/c27-20(24-22-23-19(15-29-22)17-9-5-2-6-10-17)11-12-21(28)26-14-13-18(25-26)16-7-3-1-4-8-16/h1-10,15H,11-14H2,(H,23,24,27). The fraction of sp³-hybridized carbons (Fsp3) is 0.182. The van der Waals surface area contributed by atoms with Gasteiger partial charge in [0.05, 0.1) is 18.0 Å². The van der Waals surface area contributed by atoms with E-state index in [-0.39, 0.29) is 24.7 Å². The number of carbonyl (C=O) groups is 2. The molecule has 6 nitrogen and oxygen atoms in total. The molecule has 0 saturated heterocycles. The molecule has 1 aliphatic rings. The average molecular weight is 404 g/mol. The van der Waals surface area contributed by atoms with Crippen molar-refractivity contribution in [2.24, 2.45) is 5.10 Å². The Hall–Kier alpha value is -3.32. The Kier molecular flexibility index (Phi) is 5.76. The van der Waals surface area contributed by atoms with E-state index >= 15 is 0 Å². The highest BCUT2D eigenvalue weighted by Gasteiger charge is 2.22. The topological polar surface area (TPSA) is 74.7 Å². The van der Waals surface area contributed by atoms with Crippen LogP contribution in [0.5, 0.6) is 0 Å². The summed E-state index contributed by atoms with van der Waals surface area (Å²) in [6.45, 7) is 0.553. The van der Waals surface area contributed by atoms with Crippen LogP contribution < -0.4 is 5.32 Å². The number of carbonyl (C=O) groups excluding carboxylic acids is 2. The van der Waals surface area contributed by atoms with Crippen LogP contribution >= 0.6 is 11.3 Å². The number of nitrogens with zero attached hydrogens (tertiary/aromatic N) is 3. The highest BCUT2D eigenvalue weighted by atomic mass is 32.1. The minimum absolute atomic E-state index is 0.103. The molecule has 4 rings (SSSR count). The molecule has 7 heteroatoms. The fourth-order valence-electron chi connectivity index (χ4n) is 3.07. The molecule has 1 aliphatic heterocycles.